The number of nitrogens with one attached hydrogen (secondary N) is 2. The molecule has 2 aromatic rings. The van der Waals surface area contributed by atoms with Gasteiger partial charge in [0.1, 0.15) is 0 Å². The van der Waals surface area contributed by atoms with Crippen LogP contribution in [-0.2, 0) is 13.1 Å². The molecule has 0 saturated heterocycles. The van der Waals surface area contributed by atoms with Crippen LogP contribution in [0.4, 0.5) is 13.2 Å². The lowest BCUT2D eigenvalue weighted by Crippen LogP contribution is -2.38. The highest BCUT2D eigenvalue weighted by Crippen LogP contribution is 2.18. The minimum atomic E-state index is -4.18. The molecule has 2 N–H and O–H groups in total. The number of aromatic nitrogens is 2. The highest BCUT2D eigenvalue weighted by Gasteiger charge is 2.26. The van der Waals surface area contributed by atoms with Gasteiger partial charge in [0.15, 0.2) is 5.96 Å². The summed E-state index contributed by atoms with van der Waals surface area (Å²) in [5.74, 6) is 0.376. The van der Waals surface area contributed by atoms with Gasteiger partial charge in [0.25, 0.3) is 0 Å². The fourth-order valence-corrected chi connectivity index (χ4v) is 2.26. The summed E-state index contributed by atoms with van der Waals surface area (Å²) in [5, 5.41) is 9.86. The van der Waals surface area contributed by atoms with E-state index >= 15 is 0 Å². The number of aliphatic imine (C=N–C) groups is 1. The van der Waals surface area contributed by atoms with Crippen LogP contribution in [0.5, 0.6) is 0 Å². The Bertz CT molecular complexity index is 671. The van der Waals surface area contributed by atoms with Gasteiger partial charge in [-0.25, -0.2) is 4.99 Å². The number of nitrogens with zero attached hydrogens (tertiary/aromatic N) is 3. The minimum absolute atomic E-state index is 0. The molecule has 26 heavy (non-hydrogen) atoms. The Morgan fingerprint density at radius 3 is 2.50 bits per heavy atom. The maximum atomic E-state index is 12.3. The zero-order valence-electron chi connectivity index (χ0n) is 14.5. The Labute approximate surface area is 168 Å². The number of halogens is 4. The molecule has 0 aliphatic heterocycles. The van der Waals surface area contributed by atoms with Crippen molar-refractivity contribution < 1.29 is 13.2 Å². The first kappa shape index (κ1) is 22.3. The van der Waals surface area contributed by atoms with Crippen molar-refractivity contribution in [3.05, 3.63) is 53.9 Å². The van der Waals surface area contributed by atoms with Crippen LogP contribution in [0.25, 0.3) is 0 Å². The average molecular weight is 481 g/mol. The van der Waals surface area contributed by atoms with E-state index in [1.165, 1.54) is 0 Å². The minimum Gasteiger partial charge on any atom is -0.357 e. The molecule has 0 amide bonds. The van der Waals surface area contributed by atoms with Crippen molar-refractivity contribution in [2.45, 2.75) is 32.6 Å². The van der Waals surface area contributed by atoms with Gasteiger partial charge >= 0.3 is 6.18 Å². The molecule has 0 aliphatic carbocycles. The van der Waals surface area contributed by atoms with Gasteiger partial charge in [-0.2, -0.15) is 18.3 Å². The smallest absolute Gasteiger partial charge is 0.357 e. The quantitative estimate of drug-likeness (QED) is 0.362. The van der Waals surface area contributed by atoms with Crippen molar-refractivity contribution in [2.75, 3.05) is 13.1 Å². The molecular formula is C17H23F3IN5. The van der Waals surface area contributed by atoms with Crippen molar-refractivity contribution in [3.63, 3.8) is 0 Å². The summed E-state index contributed by atoms with van der Waals surface area (Å²) in [6.07, 6.45) is -1.48. The third-order valence-corrected chi connectivity index (χ3v) is 3.46. The molecule has 0 spiro atoms. The largest absolute Gasteiger partial charge is 0.390 e. The number of rotatable bonds is 7. The van der Waals surface area contributed by atoms with Crippen molar-refractivity contribution >= 4 is 29.9 Å². The summed E-state index contributed by atoms with van der Waals surface area (Å²) >= 11 is 0. The van der Waals surface area contributed by atoms with Crippen LogP contribution in [0.1, 0.15) is 24.5 Å². The van der Waals surface area contributed by atoms with Gasteiger partial charge < -0.3 is 10.6 Å². The molecule has 0 radical (unpaired) electrons. The second kappa shape index (κ2) is 11.0. The van der Waals surface area contributed by atoms with Gasteiger partial charge in [-0.15, -0.1) is 24.0 Å². The van der Waals surface area contributed by atoms with Crippen LogP contribution in [0, 0.1) is 0 Å². The molecule has 0 aliphatic rings. The second-order valence-corrected chi connectivity index (χ2v) is 5.46. The van der Waals surface area contributed by atoms with E-state index in [0.717, 1.165) is 11.1 Å². The maximum absolute atomic E-state index is 12.3. The number of hydrogen-bond acceptors (Lipinski definition) is 2. The van der Waals surface area contributed by atoms with Crippen LogP contribution in [0.2, 0.25) is 0 Å². The topological polar surface area (TPSA) is 54.2 Å². The van der Waals surface area contributed by atoms with Gasteiger partial charge in [-0.3, -0.25) is 4.68 Å². The van der Waals surface area contributed by atoms with Crippen LogP contribution < -0.4 is 10.6 Å². The van der Waals surface area contributed by atoms with E-state index in [9.17, 15) is 13.2 Å². The SMILES string of the molecule is CCNC(=NCc1ccccc1Cn1cccn1)NCCC(F)(F)F.I. The van der Waals surface area contributed by atoms with Gasteiger partial charge in [-0.05, 0) is 24.1 Å². The summed E-state index contributed by atoms with van der Waals surface area (Å²) in [7, 11) is 0. The Morgan fingerprint density at radius 2 is 1.88 bits per heavy atom. The van der Waals surface area contributed by atoms with Crippen LogP contribution in [0.3, 0.4) is 0 Å². The zero-order valence-corrected chi connectivity index (χ0v) is 16.8. The molecule has 9 heteroatoms. The Kier molecular flexibility index (Phi) is 9.46. The van der Waals surface area contributed by atoms with Crippen molar-refractivity contribution in [3.8, 4) is 0 Å². The fourth-order valence-electron chi connectivity index (χ4n) is 2.26. The third kappa shape index (κ3) is 8.07. The van der Waals surface area contributed by atoms with E-state index in [1.807, 2.05) is 48.1 Å². The summed E-state index contributed by atoms with van der Waals surface area (Å²) in [6.45, 7) is 3.24. The monoisotopic (exact) mass is 481 g/mol. The highest BCUT2D eigenvalue weighted by molar-refractivity contribution is 14.0. The van der Waals surface area contributed by atoms with Crippen LogP contribution in [0.15, 0.2) is 47.7 Å². The van der Waals surface area contributed by atoms with E-state index in [4.69, 9.17) is 0 Å². The van der Waals surface area contributed by atoms with Gasteiger partial charge in [-0.1, -0.05) is 24.3 Å². The molecule has 1 aromatic heterocycles. The molecule has 1 heterocycles. The Hall–Kier alpha value is -1.78. The predicted molar refractivity (Wildman–Crippen MR) is 107 cm³/mol. The lowest BCUT2D eigenvalue weighted by atomic mass is 10.1. The summed E-state index contributed by atoms with van der Waals surface area (Å²) in [4.78, 5) is 4.39. The number of alkyl halides is 3. The first-order valence-electron chi connectivity index (χ1n) is 8.11. The van der Waals surface area contributed by atoms with E-state index < -0.39 is 12.6 Å². The second-order valence-electron chi connectivity index (χ2n) is 5.46. The molecule has 0 fully saturated rings. The van der Waals surface area contributed by atoms with Crippen molar-refractivity contribution in [1.82, 2.24) is 20.4 Å². The van der Waals surface area contributed by atoms with Crippen molar-refractivity contribution in [1.29, 1.82) is 0 Å². The molecule has 144 valence electrons. The number of hydrogen-bond donors (Lipinski definition) is 2. The lowest BCUT2D eigenvalue weighted by molar-refractivity contribution is -0.132. The zero-order chi connectivity index (χ0) is 18.1. The summed E-state index contributed by atoms with van der Waals surface area (Å²) in [6, 6.07) is 9.67. The lowest BCUT2D eigenvalue weighted by Gasteiger charge is -2.13. The average Bonchev–Trinajstić information content (AvgIpc) is 3.05. The maximum Gasteiger partial charge on any atom is 0.390 e. The Balaban J connectivity index is 0.00000338. The van der Waals surface area contributed by atoms with Gasteiger partial charge in [0.05, 0.1) is 19.5 Å². The van der Waals surface area contributed by atoms with E-state index in [-0.39, 0.29) is 30.5 Å². The Morgan fingerprint density at radius 1 is 1.15 bits per heavy atom. The standard InChI is InChI=1S/C17H22F3N5.HI/c1-2-21-16(22-10-8-17(18,19)20)23-12-14-6-3-4-7-15(14)13-25-11-5-9-24-25;/h3-7,9,11H,2,8,10,12-13H2,1H3,(H2,21,22,23);1H. The molecule has 0 unspecified atom stereocenters. The van der Waals surface area contributed by atoms with Gasteiger partial charge in [0, 0.05) is 25.5 Å². The van der Waals surface area contributed by atoms with Gasteiger partial charge in [0.2, 0.25) is 0 Å². The summed E-state index contributed by atoms with van der Waals surface area (Å²) < 4.78 is 38.6. The van der Waals surface area contributed by atoms with E-state index in [0.29, 0.717) is 25.6 Å². The predicted octanol–water partition coefficient (Wildman–Crippen LogP) is 3.56. The molecular weight excluding hydrogens is 458 g/mol. The van der Waals surface area contributed by atoms with E-state index in [2.05, 4.69) is 20.7 Å². The molecule has 0 atom stereocenters. The molecule has 0 saturated carbocycles. The van der Waals surface area contributed by atoms with Crippen LogP contribution in [-0.4, -0.2) is 35.0 Å². The first-order chi connectivity index (χ1) is 12.0. The molecule has 5 nitrogen and oxygen atoms in total. The molecule has 2 rings (SSSR count). The number of benzene rings is 1. The highest BCUT2D eigenvalue weighted by atomic mass is 127. The normalized spacial score (nSPS) is 11.8. The van der Waals surface area contributed by atoms with Crippen molar-refractivity contribution in [2.24, 2.45) is 4.99 Å². The third-order valence-electron chi connectivity index (χ3n) is 3.46. The fraction of sp³-hybridized carbons (Fsp3) is 0.412. The summed E-state index contributed by atoms with van der Waals surface area (Å²) in [5.41, 5.74) is 2.08. The number of guanidine groups is 1. The molecule has 1 aromatic carbocycles. The molecule has 0 bridgehead atoms. The van der Waals surface area contributed by atoms with E-state index in [1.54, 1.807) is 6.20 Å². The van der Waals surface area contributed by atoms with Crippen LogP contribution >= 0.6 is 24.0 Å². The first-order valence-corrected chi connectivity index (χ1v) is 8.11.